The van der Waals surface area contributed by atoms with Crippen LogP contribution < -0.4 is 19.7 Å². The minimum atomic E-state index is -4.75. The van der Waals surface area contributed by atoms with E-state index in [1.54, 1.807) is 18.5 Å². The summed E-state index contributed by atoms with van der Waals surface area (Å²) in [7, 11) is 4.27. The number of benzene rings is 2. The highest BCUT2D eigenvalue weighted by molar-refractivity contribution is 9.10. The molecule has 69 heavy (non-hydrogen) atoms. The number of piperazine rings is 2. The number of nitro benzene ring substituents is 2. The third kappa shape index (κ3) is 16.5. The Morgan fingerprint density at radius 2 is 1.06 bits per heavy atom. The average molecular weight is 1040 g/mol. The van der Waals surface area contributed by atoms with Crippen molar-refractivity contribution in [1.82, 2.24) is 25.1 Å². The molecule has 0 bridgehead atoms. The molecule has 4 aliphatic rings. The van der Waals surface area contributed by atoms with Crippen LogP contribution in [0.4, 0.5) is 43.4 Å². The number of nitrogens with zero attached hydrogens (tertiary/aromatic N) is 7. The second-order valence-electron chi connectivity index (χ2n) is 18.2. The maximum atomic E-state index is 13.3. The van der Waals surface area contributed by atoms with Gasteiger partial charge in [0.1, 0.15) is 23.3 Å². The number of nitrogens with one attached hydrogen (secondary N) is 1. The zero-order valence-corrected chi connectivity index (χ0v) is 40.3. The molecule has 0 spiro atoms. The smallest absolute Gasteiger partial charge is 0.423 e. The zero-order valence-electron chi connectivity index (χ0n) is 38.7. The molecule has 2 aromatic heterocycles. The van der Waals surface area contributed by atoms with Crippen molar-refractivity contribution in [1.29, 1.82) is 0 Å². The van der Waals surface area contributed by atoms with Gasteiger partial charge in [0, 0.05) is 99.2 Å². The molecule has 2 saturated carbocycles. The van der Waals surface area contributed by atoms with Crippen LogP contribution in [0.5, 0.6) is 11.8 Å². The van der Waals surface area contributed by atoms with E-state index in [0.29, 0.717) is 35.7 Å². The number of pyridine rings is 2. The van der Waals surface area contributed by atoms with Gasteiger partial charge >= 0.3 is 12.4 Å². The SMILES string of the molecule is CN1CCN(c2ccnc(OC3CCC(Cc4ccc([N+](=O)[O-])c(C(F)(F)F)c4)CC3)c2)CC1.CN1CCNCC1.O=[N+]([O-])c1ccc(CC2CCC(Oc3cc(Br)ccn3)CC2)cc1C(F)(F)F. The number of hydrogen-bond donors (Lipinski definition) is 1. The summed E-state index contributed by atoms with van der Waals surface area (Å²) in [6, 6.07) is 14.2. The van der Waals surface area contributed by atoms with Gasteiger partial charge in [-0.15, -0.1) is 0 Å². The van der Waals surface area contributed by atoms with Crippen LogP contribution in [0, 0.1) is 32.1 Å². The summed E-state index contributed by atoms with van der Waals surface area (Å²) in [5.74, 6) is 1.58. The molecule has 0 radical (unpaired) electrons. The van der Waals surface area contributed by atoms with Gasteiger partial charge < -0.3 is 29.5 Å². The third-order valence-electron chi connectivity index (χ3n) is 13.0. The third-order valence-corrected chi connectivity index (χ3v) is 13.5. The Labute approximate surface area is 406 Å². The molecule has 2 aliphatic heterocycles. The van der Waals surface area contributed by atoms with Gasteiger partial charge in [-0.25, -0.2) is 9.97 Å². The topological polar surface area (TPSA) is 152 Å². The van der Waals surface area contributed by atoms with E-state index in [9.17, 15) is 46.6 Å². The van der Waals surface area contributed by atoms with Gasteiger partial charge in [-0.1, -0.05) is 28.1 Å². The molecule has 0 amide bonds. The summed E-state index contributed by atoms with van der Waals surface area (Å²) in [5, 5.41) is 25.1. The molecule has 0 atom stereocenters. The first kappa shape index (κ1) is 53.2. The Bertz CT molecular complexity index is 2300. The zero-order chi connectivity index (χ0) is 49.7. The number of ether oxygens (including phenoxy) is 2. The lowest BCUT2D eigenvalue weighted by atomic mass is 9.83. The van der Waals surface area contributed by atoms with Crippen molar-refractivity contribution >= 4 is 33.0 Å². The molecule has 8 rings (SSSR count). The summed E-state index contributed by atoms with van der Waals surface area (Å²) in [6.45, 7) is 8.70. The van der Waals surface area contributed by atoms with Crippen molar-refractivity contribution in [2.24, 2.45) is 11.8 Å². The summed E-state index contributed by atoms with van der Waals surface area (Å²) in [5.41, 5.74) is -2.13. The molecule has 2 aromatic carbocycles. The number of halogens is 7. The molecule has 14 nitrogen and oxygen atoms in total. The van der Waals surface area contributed by atoms with Crippen LogP contribution >= 0.6 is 15.9 Å². The molecule has 2 aliphatic carbocycles. The lowest BCUT2D eigenvalue weighted by molar-refractivity contribution is -0.388. The average Bonchev–Trinajstić information content (AvgIpc) is 3.31. The summed E-state index contributed by atoms with van der Waals surface area (Å²) in [4.78, 5) is 35.3. The molecule has 2 saturated heterocycles. The van der Waals surface area contributed by atoms with Gasteiger partial charge in [0.2, 0.25) is 11.8 Å². The first-order valence-corrected chi connectivity index (χ1v) is 24.0. The highest BCUT2D eigenvalue weighted by Crippen LogP contribution is 2.40. The lowest BCUT2D eigenvalue weighted by Crippen LogP contribution is -2.44. The predicted octanol–water partition coefficient (Wildman–Crippen LogP) is 10.4. The highest BCUT2D eigenvalue weighted by atomic mass is 79.9. The van der Waals surface area contributed by atoms with E-state index in [0.717, 1.165) is 125 Å². The van der Waals surface area contributed by atoms with Crippen LogP contribution in [0.1, 0.15) is 73.6 Å². The number of nitro groups is 2. The fraction of sp³-hybridized carbons (Fsp3) is 0.542. The Morgan fingerprint density at radius 3 is 1.46 bits per heavy atom. The van der Waals surface area contributed by atoms with Crippen LogP contribution in [0.3, 0.4) is 0 Å². The van der Waals surface area contributed by atoms with Gasteiger partial charge in [0.15, 0.2) is 0 Å². The van der Waals surface area contributed by atoms with Crippen LogP contribution in [0.15, 0.2) is 77.5 Å². The Hall–Kier alpha value is -5.12. The maximum absolute atomic E-state index is 13.3. The molecule has 0 unspecified atom stereocenters. The molecule has 1 N–H and O–H groups in total. The normalized spacial score (nSPS) is 21.5. The van der Waals surface area contributed by atoms with E-state index >= 15 is 0 Å². The molecule has 4 heterocycles. The van der Waals surface area contributed by atoms with E-state index in [-0.39, 0.29) is 24.0 Å². The number of alkyl halides is 6. The molecule has 21 heteroatoms. The minimum Gasteiger partial charge on any atom is -0.474 e. The van der Waals surface area contributed by atoms with Gasteiger partial charge in [0.05, 0.1) is 9.85 Å². The number of hydrogen-bond acceptors (Lipinski definition) is 12. The molecular weight excluding hydrogens is 978 g/mol. The van der Waals surface area contributed by atoms with Crippen molar-refractivity contribution in [2.75, 3.05) is 71.4 Å². The lowest BCUT2D eigenvalue weighted by Gasteiger charge is -2.34. The molecule has 4 fully saturated rings. The minimum absolute atomic E-state index is 0.0223. The standard InChI is InChI=1S/C24H29F3N4O3.C19H18BrF3N2O3.C5H12N2/c1-29-10-12-30(13-11-29)19-8-9-28-23(16-19)34-20-5-2-17(3-6-20)14-18-4-7-22(31(32)33)21(15-18)24(25,26)27;20-14-7-8-24-18(11-14)28-15-4-1-12(2-5-15)9-13-3-6-17(25(26)27)16(10-13)19(21,22)23;1-7-4-2-6-3-5-7/h4,7-9,15-17,20H,2-3,5-6,10-14H2,1H3;3,6-8,10-12,15H,1-2,4-5,9H2;6H,2-5H2,1H3. The molecule has 4 aromatic rings. The number of anilines is 1. The van der Waals surface area contributed by atoms with Crippen molar-refractivity contribution in [3.63, 3.8) is 0 Å². The summed E-state index contributed by atoms with van der Waals surface area (Å²) in [6.07, 6.45) is 1.33. The highest BCUT2D eigenvalue weighted by Gasteiger charge is 2.40. The largest absolute Gasteiger partial charge is 0.474 e. The van der Waals surface area contributed by atoms with Crippen LogP contribution in [-0.2, 0) is 25.2 Å². The Morgan fingerprint density at radius 1 is 0.623 bits per heavy atom. The second-order valence-corrected chi connectivity index (χ2v) is 19.1. The van der Waals surface area contributed by atoms with E-state index in [1.807, 2.05) is 18.2 Å². The predicted molar refractivity (Wildman–Crippen MR) is 253 cm³/mol. The van der Waals surface area contributed by atoms with E-state index < -0.39 is 44.7 Å². The number of likely N-dealkylation sites (N-methyl/N-ethyl adjacent to an activating group) is 2. The van der Waals surface area contributed by atoms with E-state index in [4.69, 9.17) is 9.47 Å². The first-order chi connectivity index (χ1) is 32.8. The number of rotatable bonds is 11. The maximum Gasteiger partial charge on any atom is 0.423 e. The van der Waals surface area contributed by atoms with Crippen LogP contribution in [0.25, 0.3) is 0 Å². The van der Waals surface area contributed by atoms with Crippen molar-refractivity contribution in [3.05, 3.63) is 120 Å². The quantitative estimate of drug-likeness (QED) is 0.0865. The van der Waals surface area contributed by atoms with Gasteiger partial charge in [0.25, 0.3) is 11.4 Å². The van der Waals surface area contributed by atoms with Crippen LogP contribution in [-0.4, -0.2) is 108 Å². The Kier molecular flexibility index (Phi) is 19.0. The van der Waals surface area contributed by atoms with Crippen molar-refractivity contribution < 1.29 is 45.7 Å². The monoisotopic (exact) mass is 1040 g/mol. The summed E-state index contributed by atoms with van der Waals surface area (Å²) >= 11 is 3.37. The molecular formula is C48H59BrF6N8O6. The van der Waals surface area contributed by atoms with Gasteiger partial charge in [-0.05, 0) is 126 Å². The summed E-state index contributed by atoms with van der Waals surface area (Å²) < 4.78 is 92.0. The van der Waals surface area contributed by atoms with Crippen LogP contribution in [0.2, 0.25) is 0 Å². The fourth-order valence-corrected chi connectivity index (χ4v) is 9.37. The Balaban J connectivity index is 0.000000201. The van der Waals surface area contributed by atoms with Gasteiger partial charge in [-0.3, -0.25) is 20.2 Å². The van der Waals surface area contributed by atoms with Crippen molar-refractivity contribution in [3.8, 4) is 11.8 Å². The second kappa shape index (κ2) is 24.6. The first-order valence-electron chi connectivity index (χ1n) is 23.2. The van der Waals surface area contributed by atoms with E-state index in [1.165, 1.54) is 25.2 Å². The van der Waals surface area contributed by atoms with E-state index in [2.05, 4.69) is 60.0 Å². The fourth-order valence-electron chi connectivity index (χ4n) is 9.06. The van der Waals surface area contributed by atoms with Crippen molar-refractivity contribution in [2.45, 2.75) is 88.8 Å². The van der Waals surface area contributed by atoms with Gasteiger partial charge in [-0.2, -0.15) is 26.3 Å². The number of aromatic nitrogens is 2. The molecule has 376 valence electrons.